The third-order valence-corrected chi connectivity index (χ3v) is 5.34. The Morgan fingerprint density at radius 3 is 1.75 bits per heavy atom. The van der Waals surface area contributed by atoms with Gasteiger partial charge < -0.3 is 18.9 Å². The lowest BCUT2D eigenvalue weighted by molar-refractivity contribution is -0.199. The van der Waals surface area contributed by atoms with Crippen LogP contribution in [0.4, 0.5) is 0 Å². The molecule has 3 aromatic rings. The molecule has 166 valence electrons. The van der Waals surface area contributed by atoms with Crippen molar-refractivity contribution >= 4 is 5.97 Å². The molecule has 1 fully saturated rings. The molecule has 1 aliphatic rings. The fraction of sp³-hybridized carbons (Fsp3) is 0.296. The second-order valence-electron chi connectivity index (χ2n) is 7.85. The van der Waals surface area contributed by atoms with Gasteiger partial charge in [0, 0.05) is 6.42 Å². The highest BCUT2D eigenvalue weighted by atomic mass is 16.6. The van der Waals surface area contributed by atoms with Crippen molar-refractivity contribution in [1.82, 2.24) is 0 Å². The normalized spacial score (nSPS) is 20.6. The van der Waals surface area contributed by atoms with Gasteiger partial charge in [0.15, 0.2) is 6.10 Å². The van der Waals surface area contributed by atoms with Crippen molar-refractivity contribution in [3.05, 3.63) is 108 Å². The second-order valence-corrected chi connectivity index (χ2v) is 7.85. The highest BCUT2D eigenvalue weighted by Crippen LogP contribution is 2.24. The lowest BCUT2D eigenvalue weighted by atomic mass is 10.0. The average molecular weight is 433 g/mol. The van der Waals surface area contributed by atoms with Crippen LogP contribution in [0.2, 0.25) is 0 Å². The van der Waals surface area contributed by atoms with Crippen molar-refractivity contribution in [2.45, 2.75) is 44.6 Å². The van der Waals surface area contributed by atoms with Crippen LogP contribution in [0.25, 0.3) is 0 Å². The van der Waals surface area contributed by atoms with Crippen molar-refractivity contribution in [1.29, 1.82) is 0 Å². The number of cyclic esters (lactones) is 1. The van der Waals surface area contributed by atoms with E-state index in [2.05, 4.69) is 0 Å². The molecule has 1 unspecified atom stereocenters. The summed E-state index contributed by atoms with van der Waals surface area (Å²) in [5.41, 5.74) is 3.12. The summed E-state index contributed by atoms with van der Waals surface area (Å²) >= 11 is 0. The van der Waals surface area contributed by atoms with E-state index in [4.69, 9.17) is 18.9 Å². The maximum absolute atomic E-state index is 12.8. The molecule has 1 aliphatic heterocycles. The van der Waals surface area contributed by atoms with E-state index in [9.17, 15) is 4.79 Å². The third-order valence-electron chi connectivity index (χ3n) is 5.34. The van der Waals surface area contributed by atoms with Crippen molar-refractivity contribution in [2.24, 2.45) is 0 Å². The van der Waals surface area contributed by atoms with Gasteiger partial charge in [0.25, 0.3) is 0 Å². The quantitative estimate of drug-likeness (QED) is 0.435. The van der Waals surface area contributed by atoms with Crippen LogP contribution in [0.5, 0.6) is 0 Å². The molecule has 0 saturated carbocycles. The van der Waals surface area contributed by atoms with Crippen LogP contribution in [0, 0.1) is 0 Å². The predicted octanol–water partition coefficient (Wildman–Crippen LogP) is 4.69. The van der Waals surface area contributed by atoms with Crippen molar-refractivity contribution < 1.29 is 23.7 Å². The first-order valence-corrected chi connectivity index (χ1v) is 10.9. The number of carbonyl (C=O) groups is 1. The summed E-state index contributed by atoms with van der Waals surface area (Å²) in [7, 11) is 0. The molecule has 0 aliphatic carbocycles. The monoisotopic (exact) mass is 432 g/mol. The summed E-state index contributed by atoms with van der Waals surface area (Å²) in [6, 6.07) is 29.6. The Hall–Kier alpha value is -2.99. The SMILES string of the molecule is O=C1O[C@H](COCc2ccccc2)C[C@H](OCc2ccccc2)C1OCc1ccccc1. The number of carbonyl (C=O) groups excluding carboxylic acids is 1. The minimum atomic E-state index is -0.774. The summed E-state index contributed by atoms with van der Waals surface area (Å²) in [5.74, 6) is -0.404. The maximum Gasteiger partial charge on any atom is 0.338 e. The third kappa shape index (κ3) is 6.50. The highest BCUT2D eigenvalue weighted by Gasteiger charge is 2.40. The van der Waals surface area contributed by atoms with Crippen LogP contribution in [0.15, 0.2) is 91.0 Å². The molecule has 0 spiro atoms. The van der Waals surface area contributed by atoms with Gasteiger partial charge in [-0.15, -0.1) is 0 Å². The zero-order valence-electron chi connectivity index (χ0n) is 18.0. The van der Waals surface area contributed by atoms with Crippen LogP contribution < -0.4 is 0 Å². The number of rotatable bonds is 10. The molecule has 3 aromatic carbocycles. The first kappa shape index (κ1) is 22.2. The lowest BCUT2D eigenvalue weighted by Gasteiger charge is -2.34. The van der Waals surface area contributed by atoms with Gasteiger partial charge in [0.05, 0.1) is 32.5 Å². The van der Waals surface area contributed by atoms with E-state index in [1.807, 2.05) is 91.0 Å². The number of benzene rings is 3. The van der Waals surface area contributed by atoms with Crippen LogP contribution in [-0.2, 0) is 43.6 Å². The van der Waals surface area contributed by atoms with E-state index in [1.165, 1.54) is 0 Å². The molecule has 3 atom stereocenters. The Balaban J connectivity index is 1.36. The van der Waals surface area contributed by atoms with Gasteiger partial charge in [-0.1, -0.05) is 91.0 Å². The van der Waals surface area contributed by atoms with Gasteiger partial charge in [0.2, 0.25) is 0 Å². The van der Waals surface area contributed by atoms with Crippen LogP contribution in [0.1, 0.15) is 23.1 Å². The zero-order valence-corrected chi connectivity index (χ0v) is 18.0. The smallest absolute Gasteiger partial charge is 0.338 e. The van der Waals surface area contributed by atoms with Gasteiger partial charge in [-0.25, -0.2) is 4.79 Å². The first-order valence-electron chi connectivity index (χ1n) is 10.9. The fourth-order valence-corrected chi connectivity index (χ4v) is 3.67. The van der Waals surface area contributed by atoms with Gasteiger partial charge in [-0.2, -0.15) is 0 Å². The predicted molar refractivity (Wildman–Crippen MR) is 121 cm³/mol. The second kappa shape index (κ2) is 11.6. The van der Waals surface area contributed by atoms with Gasteiger partial charge in [-0.3, -0.25) is 0 Å². The molecular weight excluding hydrogens is 404 g/mol. The Kier molecular flexibility index (Phi) is 8.04. The number of esters is 1. The van der Waals surface area contributed by atoms with Crippen molar-refractivity contribution in [3.63, 3.8) is 0 Å². The molecule has 5 heteroatoms. The van der Waals surface area contributed by atoms with E-state index in [0.717, 1.165) is 16.7 Å². The van der Waals surface area contributed by atoms with E-state index in [-0.39, 0.29) is 6.10 Å². The number of ether oxygens (including phenoxy) is 4. The molecule has 0 N–H and O–H groups in total. The summed E-state index contributed by atoms with van der Waals surface area (Å²) in [4.78, 5) is 12.8. The molecule has 4 rings (SSSR count). The van der Waals surface area contributed by atoms with E-state index in [1.54, 1.807) is 0 Å². The Morgan fingerprint density at radius 1 is 0.688 bits per heavy atom. The first-order chi connectivity index (χ1) is 15.8. The molecule has 1 saturated heterocycles. The van der Waals surface area contributed by atoms with Gasteiger partial charge in [0.1, 0.15) is 6.10 Å². The van der Waals surface area contributed by atoms with Gasteiger partial charge in [-0.05, 0) is 16.7 Å². The Bertz CT molecular complexity index is 946. The molecule has 1 heterocycles. The standard InChI is InChI=1S/C27H28O5/c28-27-26(31-19-23-14-8-3-9-15-23)25(30-18-22-12-6-2-7-13-22)16-24(32-27)20-29-17-21-10-4-1-5-11-21/h1-15,24-26H,16-20H2/t24-,25-,26?/m0/s1. The van der Waals surface area contributed by atoms with Crippen LogP contribution in [0.3, 0.4) is 0 Å². The summed E-state index contributed by atoms with van der Waals surface area (Å²) in [6.07, 6.45) is -1.04. The van der Waals surface area contributed by atoms with E-state index in [0.29, 0.717) is 32.8 Å². The summed E-state index contributed by atoms with van der Waals surface area (Å²) in [5, 5.41) is 0. The fourth-order valence-electron chi connectivity index (χ4n) is 3.67. The Labute approximate surface area is 188 Å². The van der Waals surface area contributed by atoms with Crippen molar-refractivity contribution in [2.75, 3.05) is 6.61 Å². The Morgan fingerprint density at radius 2 is 1.19 bits per heavy atom. The summed E-state index contributed by atoms with van der Waals surface area (Å²) in [6.45, 7) is 1.51. The summed E-state index contributed by atoms with van der Waals surface area (Å²) < 4.78 is 23.6. The molecule has 0 bridgehead atoms. The molecular formula is C27H28O5. The molecule has 0 radical (unpaired) electrons. The zero-order chi connectivity index (χ0) is 22.0. The van der Waals surface area contributed by atoms with E-state index >= 15 is 0 Å². The average Bonchev–Trinajstić information content (AvgIpc) is 2.84. The number of hydrogen-bond donors (Lipinski definition) is 0. The maximum atomic E-state index is 12.8. The van der Waals surface area contributed by atoms with Crippen molar-refractivity contribution in [3.8, 4) is 0 Å². The molecule has 5 nitrogen and oxygen atoms in total. The molecule has 0 amide bonds. The van der Waals surface area contributed by atoms with Gasteiger partial charge >= 0.3 is 5.97 Å². The largest absolute Gasteiger partial charge is 0.458 e. The molecule has 0 aromatic heterocycles. The van der Waals surface area contributed by atoms with Crippen LogP contribution >= 0.6 is 0 Å². The lowest BCUT2D eigenvalue weighted by Crippen LogP contribution is -2.49. The number of hydrogen-bond acceptors (Lipinski definition) is 5. The van der Waals surface area contributed by atoms with E-state index < -0.39 is 18.2 Å². The topological polar surface area (TPSA) is 54.0 Å². The highest BCUT2D eigenvalue weighted by molar-refractivity contribution is 5.76. The minimum Gasteiger partial charge on any atom is -0.458 e. The van der Waals surface area contributed by atoms with Crippen LogP contribution in [-0.4, -0.2) is 30.9 Å². The molecule has 32 heavy (non-hydrogen) atoms. The minimum absolute atomic E-state index is 0.317.